The summed E-state index contributed by atoms with van der Waals surface area (Å²) in [5.41, 5.74) is 5.00. The van der Waals surface area contributed by atoms with Crippen molar-refractivity contribution in [3.63, 3.8) is 0 Å². The second-order valence-corrected chi connectivity index (χ2v) is 3.28. The van der Waals surface area contributed by atoms with Crippen LogP contribution < -0.4 is 5.73 Å². The largest absolute Gasteiger partial charge is 0.334 e. The Bertz CT molecular complexity index is 542. The smallest absolute Gasteiger partial charge is 0.261 e. The highest BCUT2D eigenvalue weighted by molar-refractivity contribution is 5.53. The van der Waals surface area contributed by atoms with E-state index in [1.165, 1.54) is 0 Å². The van der Waals surface area contributed by atoms with Crippen molar-refractivity contribution >= 4 is 0 Å². The number of hydrogen-bond acceptors (Lipinski definition) is 4. The van der Waals surface area contributed by atoms with Crippen molar-refractivity contribution in [1.29, 1.82) is 0 Å². The number of nitrogens with two attached hydrogens (primary N) is 1. The molecule has 0 atom stereocenters. The maximum Gasteiger partial charge on any atom is 0.261 e. The van der Waals surface area contributed by atoms with E-state index in [0.29, 0.717) is 13.0 Å². The molecule has 0 saturated heterocycles. The van der Waals surface area contributed by atoms with Gasteiger partial charge in [0.05, 0.1) is 5.56 Å². The third-order valence-corrected chi connectivity index (χ3v) is 2.10. The van der Waals surface area contributed by atoms with Gasteiger partial charge in [0, 0.05) is 6.42 Å². The molecule has 7 heteroatoms. The molecule has 2 aromatic rings. The molecule has 0 aliphatic carbocycles. The fourth-order valence-corrected chi connectivity index (χ4v) is 1.29. The number of hydrogen-bond donors (Lipinski definition) is 1. The lowest BCUT2D eigenvalue weighted by molar-refractivity contribution is 0.413. The fourth-order valence-electron chi connectivity index (χ4n) is 1.29. The third-order valence-electron chi connectivity index (χ3n) is 2.10. The molecule has 0 aliphatic heterocycles. The molecule has 2 N–H and O–H groups in total. The van der Waals surface area contributed by atoms with Gasteiger partial charge in [-0.2, -0.15) is 4.98 Å². The first-order chi connectivity index (χ1) is 8.13. The number of benzene rings is 1. The van der Waals surface area contributed by atoms with Crippen molar-refractivity contribution in [3.05, 3.63) is 35.4 Å². The van der Waals surface area contributed by atoms with Crippen LogP contribution in [-0.4, -0.2) is 16.7 Å². The molecule has 1 aromatic carbocycles. The first-order valence-electron chi connectivity index (χ1n) is 4.80. The molecular formula is C10H8F3N3O. The Balaban J connectivity index is 2.42. The summed E-state index contributed by atoms with van der Waals surface area (Å²) in [6.07, 6.45) is 0.356. The van der Waals surface area contributed by atoms with Crippen LogP contribution in [0.15, 0.2) is 16.7 Å². The summed E-state index contributed by atoms with van der Waals surface area (Å²) in [7, 11) is 0. The minimum absolute atomic E-state index is 0.204. The second-order valence-electron chi connectivity index (χ2n) is 3.28. The highest BCUT2D eigenvalue weighted by Gasteiger charge is 2.19. The standard InChI is InChI=1S/C10H8F3N3O/c11-6-2-1-5(8(12)9(6)13)10-15-7(3-4-14)16-17-10/h1-2H,3-4,14H2. The lowest BCUT2D eigenvalue weighted by Crippen LogP contribution is -2.03. The normalized spacial score (nSPS) is 10.8. The Hall–Kier alpha value is -1.89. The average Bonchev–Trinajstić information content (AvgIpc) is 2.75. The summed E-state index contributed by atoms with van der Waals surface area (Å²) in [5.74, 6) is -4.11. The van der Waals surface area contributed by atoms with E-state index in [1.807, 2.05) is 0 Å². The monoisotopic (exact) mass is 243 g/mol. The van der Waals surface area contributed by atoms with Crippen LogP contribution >= 0.6 is 0 Å². The van der Waals surface area contributed by atoms with Crippen LogP contribution in [0.4, 0.5) is 13.2 Å². The van der Waals surface area contributed by atoms with Crippen molar-refractivity contribution in [1.82, 2.24) is 10.1 Å². The van der Waals surface area contributed by atoms with Crippen molar-refractivity contribution in [2.24, 2.45) is 5.73 Å². The Morgan fingerprint density at radius 2 is 1.94 bits per heavy atom. The van der Waals surface area contributed by atoms with Gasteiger partial charge in [-0.3, -0.25) is 0 Å². The molecule has 0 amide bonds. The SMILES string of the molecule is NCCc1noc(-c2ccc(F)c(F)c2F)n1. The van der Waals surface area contributed by atoms with Gasteiger partial charge in [0.25, 0.3) is 5.89 Å². The quantitative estimate of drug-likeness (QED) is 0.832. The molecule has 90 valence electrons. The molecule has 0 aliphatic rings. The van der Waals surface area contributed by atoms with Crippen molar-refractivity contribution in [3.8, 4) is 11.5 Å². The molecule has 1 heterocycles. The van der Waals surface area contributed by atoms with E-state index in [0.717, 1.165) is 12.1 Å². The van der Waals surface area contributed by atoms with Gasteiger partial charge in [0.2, 0.25) is 0 Å². The Morgan fingerprint density at radius 3 is 2.65 bits per heavy atom. The lowest BCUT2D eigenvalue weighted by atomic mass is 10.2. The molecule has 0 saturated carbocycles. The first-order valence-corrected chi connectivity index (χ1v) is 4.80. The maximum absolute atomic E-state index is 13.4. The maximum atomic E-state index is 13.4. The van der Waals surface area contributed by atoms with Gasteiger partial charge < -0.3 is 10.3 Å². The summed E-state index contributed by atoms with van der Waals surface area (Å²) >= 11 is 0. The summed E-state index contributed by atoms with van der Waals surface area (Å²) in [5, 5.41) is 3.53. The van der Waals surface area contributed by atoms with E-state index in [2.05, 4.69) is 10.1 Å². The van der Waals surface area contributed by atoms with E-state index < -0.39 is 17.5 Å². The van der Waals surface area contributed by atoms with Gasteiger partial charge in [-0.15, -0.1) is 0 Å². The van der Waals surface area contributed by atoms with Gasteiger partial charge >= 0.3 is 0 Å². The molecule has 17 heavy (non-hydrogen) atoms. The zero-order valence-corrected chi connectivity index (χ0v) is 8.58. The van der Waals surface area contributed by atoms with Gasteiger partial charge in [0.15, 0.2) is 23.3 Å². The van der Waals surface area contributed by atoms with Crippen LogP contribution in [0, 0.1) is 17.5 Å². The molecule has 0 fully saturated rings. The molecule has 0 unspecified atom stereocenters. The number of nitrogens with zero attached hydrogens (tertiary/aromatic N) is 2. The third kappa shape index (κ3) is 2.14. The van der Waals surface area contributed by atoms with E-state index >= 15 is 0 Å². The molecule has 0 spiro atoms. The minimum Gasteiger partial charge on any atom is -0.334 e. The number of aromatic nitrogens is 2. The van der Waals surface area contributed by atoms with Crippen LogP contribution in [0.2, 0.25) is 0 Å². The summed E-state index contributed by atoms with van der Waals surface area (Å²) in [6, 6.07) is 1.83. The number of halogens is 3. The predicted octanol–water partition coefficient (Wildman–Crippen LogP) is 1.66. The lowest BCUT2D eigenvalue weighted by Gasteiger charge is -1.99. The zero-order valence-electron chi connectivity index (χ0n) is 8.58. The van der Waals surface area contributed by atoms with Crippen molar-refractivity contribution in [2.45, 2.75) is 6.42 Å². The van der Waals surface area contributed by atoms with Crippen LogP contribution in [0.3, 0.4) is 0 Å². The highest BCUT2D eigenvalue weighted by Crippen LogP contribution is 2.24. The Kier molecular flexibility index (Phi) is 3.10. The zero-order chi connectivity index (χ0) is 12.4. The van der Waals surface area contributed by atoms with Gasteiger partial charge in [-0.25, -0.2) is 13.2 Å². The first kappa shape index (κ1) is 11.6. The topological polar surface area (TPSA) is 64.9 Å². The summed E-state index contributed by atoms with van der Waals surface area (Å²) in [4.78, 5) is 3.81. The Labute approximate surface area is 94.2 Å². The van der Waals surface area contributed by atoms with Crippen molar-refractivity contribution < 1.29 is 17.7 Å². The van der Waals surface area contributed by atoms with Crippen LogP contribution in [0.1, 0.15) is 5.82 Å². The Morgan fingerprint density at radius 1 is 1.18 bits per heavy atom. The van der Waals surface area contributed by atoms with Crippen LogP contribution in [0.5, 0.6) is 0 Å². The molecule has 1 aromatic heterocycles. The number of rotatable bonds is 3. The van der Waals surface area contributed by atoms with Crippen molar-refractivity contribution in [2.75, 3.05) is 6.54 Å². The summed E-state index contributed by atoms with van der Waals surface area (Å²) in [6.45, 7) is 0.305. The van der Waals surface area contributed by atoms with E-state index in [1.54, 1.807) is 0 Å². The van der Waals surface area contributed by atoms with Gasteiger partial charge in [-0.1, -0.05) is 5.16 Å². The van der Waals surface area contributed by atoms with Gasteiger partial charge in [0.1, 0.15) is 0 Å². The molecule has 4 nitrogen and oxygen atoms in total. The second kappa shape index (κ2) is 4.54. The molecular weight excluding hydrogens is 235 g/mol. The van der Waals surface area contributed by atoms with E-state index in [9.17, 15) is 13.2 Å². The van der Waals surface area contributed by atoms with Gasteiger partial charge in [-0.05, 0) is 18.7 Å². The average molecular weight is 243 g/mol. The van der Waals surface area contributed by atoms with E-state index in [-0.39, 0.29) is 17.3 Å². The highest BCUT2D eigenvalue weighted by atomic mass is 19.2. The van der Waals surface area contributed by atoms with Crippen LogP contribution in [-0.2, 0) is 6.42 Å². The summed E-state index contributed by atoms with van der Waals surface area (Å²) < 4.78 is 43.8. The molecule has 2 rings (SSSR count). The van der Waals surface area contributed by atoms with Crippen LogP contribution in [0.25, 0.3) is 11.5 Å². The van der Waals surface area contributed by atoms with E-state index in [4.69, 9.17) is 10.3 Å². The molecule has 0 bridgehead atoms. The predicted molar refractivity (Wildman–Crippen MR) is 52.4 cm³/mol. The fraction of sp³-hybridized carbons (Fsp3) is 0.200. The minimum atomic E-state index is -1.57. The molecule has 0 radical (unpaired) electrons.